The Hall–Kier alpha value is -3.52. The Labute approximate surface area is 189 Å². The van der Waals surface area contributed by atoms with Crippen LogP contribution in [0.2, 0.25) is 0 Å². The lowest BCUT2D eigenvalue weighted by atomic mass is 9.93. The van der Waals surface area contributed by atoms with Crippen molar-refractivity contribution in [2.45, 2.75) is 39.2 Å². The molecule has 0 saturated carbocycles. The van der Waals surface area contributed by atoms with Gasteiger partial charge in [0.2, 0.25) is 0 Å². The number of fused-ring (bicyclic) bond motifs is 1. The van der Waals surface area contributed by atoms with Crippen LogP contribution >= 0.6 is 11.3 Å². The third-order valence-electron chi connectivity index (χ3n) is 5.12. The Bertz CT molecular complexity index is 1350. The van der Waals surface area contributed by atoms with E-state index in [1.165, 1.54) is 0 Å². The monoisotopic (exact) mass is 445 g/mol. The molecule has 2 aromatic carbocycles. The maximum atomic E-state index is 6.05. The van der Waals surface area contributed by atoms with Gasteiger partial charge >= 0.3 is 0 Å². The SMILES string of the molecule is CC(C)(C)c1csc(-c2cc3cc(OCc4cccc(Cc5nn[nH]n5)c4)ccc3o2)n1. The first kappa shape index (κ1) is 20.4. The molecule has 5 rings (SSSR count). The van der Waals surface area contributed by atoms with Crippen LogP contribution in [0.3, 0.4) is 0 Å². The van der Waals surface area contributed by atoms with Crippen LogP contribution < -0.4 is 4.74 Å². The predicted octanol–water partition coefficient (Wildman–Crippen LogP) is 5.54. The minimum absolute atomic E-state index is 0.0185. The molecular formula is C24H23N5O2S. The average Bonchev–Trinajstić information content (AvgIpc) is 3.51. The first-order chi connectivity index (χ1) is 15.4. The van der Waals surface area contributed by atoms with Gasteiger partial charge in [0.05, 0.1) is 5.69 Å². The van der Waals surface area contributed by atoms with Gasteiger partial charge in [-0.05, 0) is 35.4 Å². The van der Waals surface area contributed by atoms with Crippen LogP contribution in [-0.2, 0) is 18.4 Å². The van der Waals surface area contributed by atoms with Crippen molar-refractivity contribution in [3.63, 3.8) is 0 Å². The number of tetrazole rings is 1. The maximum absolute atomic E-state index is 6.05. The van der Waals surface area contributed by atoms with Crippen molar-refractivity contribution in [1.29, 1.82) is 0 Å². The fraction of sp³-hybridized carbons (Fsp3) is 0.250. The third kappa shape index (κ3) is 4.40. The molecule has 1 N–H and O–H groups in total. The van der Waals surface area contributed by atoms with Crippen molar-refractivity contribution in [3.8, 4) is 16.5 Å². The summed E-state index contributed by atoms with van der Waals surface area (Å²) in [6, 6.07) is 16.1. The molecule has 5 aromatic rings. The number of hydrogen-bond acceptors (Lipinski definition) is 7. The van der Waals surface area contributed by atoms with E-state index in [0.29, 0.717) is 18.9 Å². The molecule has 162 valence electrons. The molecule has 0 aliphatic carbocycles. The molecule has 0 amide bonds. The van der Waals surface area contributed by atoms with E-state index < -0.39 is 0 Å². The summed E-state index contributed by atoms with van der Waals surface area (Å²) in [6.45, 7) is 6.96. The van der Waals surface area contributed by atoms with E-state index in [2.05, 4.69) is 52.8 Å². The Balaban J connectivity index is 1.30. The van der Waals surface area contributed by atoms with Crippen LogP contribution in [0.5, 0.6) is 5.75 Å². The van der Waals surface area contributed by atoms with Crippen molar-refractivity contribution in [2.24, 2.45) is 0 Å². The molecule has 0 atom stereocenters. The van der Waals surface area contributed by atoms with E-state index in [4.69, 9.17) is 14.1 Å². The average molecular weight is 446 g/mol. The Morgan fingerprint density at radius 3 is 2.72 bits per heavy atom. The number of nitrogens with one attached hydrogen (secondary N) is 1. The molecule has 3 aromatic heterocycles. The Kier molecular flexibility index (Phi) is 5.22. The second-order valence-electron chi connectivity index (χ2n) is 8.71. The fourth-order valence-corrected chi connectivity index (χ4v) is 4.38. The van der Waals surface area contributed by atoms with E-state index in [1.54, 1.807) is 11.3 Å². The zero-order chi connectivity index (χ0) is 22.1. The summed E-state index contributed by atoms with van der Waals surface area (Å²) in [4.78, 5) is 4.76. The predicted molar refractivity (Wildman–Crippen MR) is 124 cm³/mol. The number of rotatable bonds is 6. The number of aromatic amines is 1. The number of benzene rings is 2. The summed E-state index contributed by atoms with van der Waals surface area (Å²) >= 11 is 1.61. The number of nitrogens with zero attached hydrogens (tertiary/aromatic N) is 4. The van der Waals surface area contributed by atoms with Crippen LogP contribution in [0.4, 0.5) is 0 Å². The van der Waals surface area contributed by atoms with E-state index in [9.17, 15) is 0 Å². The van der Waals surface area contributed by atoms with Gasteiger partial charge in [-0.15, -0.1) is 21.5 Å². The summed E-state index contributed by atoms with van der Waals surface area (Å²) in [7, 11) is 0. The molecule has 0 radical (unpaired) electrons. The van der Waals surface area contributed by atoms with Crippen LogP contribution in [0.1, 0.15) is 43.4 Å². The number of thiazole rings is 1. The Morgan fingerprint density at radius 2 is 1.94 bits per heavy atom. The van der Waals surface area contributed by atoms with Gasteiger partial charge in [0.25, 0.3) is 0 Å². The zero-order valence-electron chi connectivity index (χ0n) is 18.1. The minimum atomic E-state index is 0.0185. The van der Waals surface area contributed by atoms with Gasteiger partial charge in [-0.25, -0.2) is 4.98 Å². The van der Waals surface area contributed by atoms with E-state index in [0.717, 1.165) is 44.3 Å². The van der Waals surface area contributed by atoms with Gasteiger partial charge in [-0.2, -0.15) is 5.21 Å². The smallest absolute Gasteiger partial charge is 0.178 e. The molecule has 8 heteroatoms. The van der Waals surface area contributed by atoms with E-state index >= 15 is 0 Å². The van der Waals surface area contributed by atoms with Gasteiger partial charge in [0.1, 0.15) is 17.9 Å². The summed E-state index contributed by atoms with van der Waals surface area (Å²) in [5, 5.41) is 18.1. The van der Waals surface area contributed by atoms with Crippen LogP contribution in [0, 0.1) is 0 Å². The topological polar surface area (TPSA) is 89.7 Å². The molecule has 0 unspecified atom stereocenters. The fourth-order valence-electron chi connectivity index (χ4n) is 3.38. The van der Waals surface area contributed by atoms with Crippen molar-refractivity contribution in [2.75, 3.05) is 0 Å². The van der Waals surface area contributed by atoms with Crippen molar-refractivity contribution in [1.82, 2.24) is 25.6 Å². The lowest BCUT2D eigenvalue weighted by molar-refractivity contribution is 0.306. The van der Waals surface area contributed by atoms with Crippen LogP contribution in [0.15, 0.2) is 58.3 Å². The van der Waals surface area contributed by atoms with Gasteiger partial charge in [-0.3, -0.25) is 0 Å². The van der Waals surface area contributed by atoms with Crippen molar-refractivity contribution < 1.29 is 9.15 Å². The van der Waals surface area contributed by atoms with Gasteiger partial charge < -0.3 is 9.15 Å². The molecule has 0 aliphatic rings. The number of hydrogen-bond donors (Lipinski definition) is 1. The molecule has 0 saturated heterocycles. The van der Waals surface area contributed by atoms with E-state index in [-0.39, 0.29) is 5.41 Å². The zero-order valence-corrected chi connectivity index (χ0v) is 18.9. The molecule has 7 nitrogen and oxygen atoms in total. The highest BCUT2D eigenvalue weighted by atomic mass is 32.1. The first-order valence-electron chi connectivity index (χ1n) is 10.4. The number of aromatic nitrogens is 5. The second-order valence-corrected chi connectivity index (χ2v) is 9.57. The normalized spacial score (nSPS) is 11.8. The summed E-state index contributed by atoms with van der Waals surface area (Å²) < 4.78 is 12.1. The highest BCUT2D eigenvalue weighted by molar-refractivity contribution is 7.13. The van der Waals surface area contributed by atoms with E-state index in [1.807, 2.05) is 42.5 Å². The summed E-state index contributed by atoms with van der Waals surface area (Å²) in [6.07, 6.45) is 0.627. The number of furan rings is 1. The summed E-state index contributed by atoms with van der Waals surface area (Å²) in [5.41, 5.74) is 4.10. The van der Waals surface area contributed by atoms with Crippen molar-refractivity contribution >= 4 is 22.3 Å². The second kappa shape index (κ2) is 8.20. The summed E-state index contributed by atoms with van der Waals surface area (Å²) in [5.74, 6) is 2.24. The lowest BCUT2D eigenvalue weighted by Crippen LogP contribution is -2.11. The molecule has 0 fully saturated rings. The standard InChI is InChI=1S/C24H23N5O2S/c1-24(2,3)21-14-32-23(25-21)20-12-17-11-18(7-8-19(17)31-20)30-13-16-6-4-5-15(9-16)10-22-26-28-29-27-22/h4-9,11-12,14H,10,13H2,1-3H3,(H,26,27,28,29). The highest BCUT2D eigenvalue weighted by Gasteiger charge is 2.19. The van der Waals surface area contributed by atoms with Gasteiger partial charge in [0, 0.05) is 22.6 Å². The lowest BCUT2D eigenvalue weighted by Gasteiger charge is -2.13. The van der Waals surface area contributed by atoms with Crippen molar-refractivity contribution in [3.05, 3.63) is 76.6 Å². The molecule has 0 spiro atoms. The van der Waals surface area contributed by atoms with Gasteiger partial charge in [-0.1, -0.05) is 50.3 Å². The van der Waals surface area contributed by atoms with Crippen LogP contribution in [-0.4, -0.2) is 25.6 Å². The quantitative estimate of drug-likeness (QED) is 0.369. The minimum Gasteiger partial charge on any atom is -0.489 e. The highest BCUT2D eigenvalue weighted by Crippen LogP contribution is 2.34. The third-order valence-corrected chi connectivity index (χ3v) is 5.98. The first-order valence-corrected chi connectivity index (χ1v) is 11.2. The van der Waals surface area contributed by atoms with Gasteiger partial charge in [0.15, 0.2) is 16.6 Å². The molecule has 0 bridgehead atoms. The maximum Gasteiger partial charge on any atom is 0.178 e. The Morgan fingerprint density at radius 1 is 1.06 bits per heavy atom. The molecule has 0 aliphatic heterocycles. The number of ether oxygens (including phenoxy) is 1. The molecular weight excluding hydrogens is 422 g/mol. The largest absolute Gasteiger partial charge is 0.489 e. The van der Waals surface area contributed by atoms with Crippen LogP contribution in [0.25, 0.3) is 21.7 Å². The number of H-pyrrole nitrogens is 1. The molecule has 3 heterocycles. The molecule has 32 heavy (non-hydrogen) atoms.